The molecule has 0 radical (unpaired) electrons. The number of ether oxygens (including phenoxy) is 1. The second kappa shape index (κ2) is 6.34. The number of halogens is 3. The number of nitrogens with two attached hydrogens (primary N) is 1. The Kier molecular flexibility index (Phi) is 4.72. The van der Waals surface area contributed by atoms with E-state index in [2.05, 4.69) is 10.1 Å². The van der Waals surface area contributed by atoms with Crippen molar-refractivity contribution in [3.05, 3.63) is 29.8 Å². The third kappa shape index (κ3) is 4.93. The van der Waals surface area contributed by atoms with E-state index in [0.29, 0.717) is 5.56 Å². The molecule has 0 bridgehead atoms. The van der Waals surface area contributed by atoms with Gasteiger partial charge in [0, 0.05) is 17.6 Å². The minimum absolute atomic E-state index is 0.0726. The number of alkyl halides is 3. The number of nitrogens with one attached hydrogen (secondary N) is 1. The van der Waals surface area contributed by atoms with Gasteiger partial charge >= 0.3 is 6.36 Å². The Bertz CT molecular complexity index is 480. The van der Waals surface area contributed by atoms with Crippen LogP contribution < -0.4 is 15.8 Å². The fraction of sp³-hybridized carbons (Fsp3) is 0.500. The highest BCUT2D eigenvalue weighted by molar-refractivity contribution is 5.94. The molecule has 0 aliphatic heterocycles. The van der Waals surface area contributed by atoms with Crippen molar-refractivity contribution < 1.29 is 22.7 Å². The monoisotopic (exact) mass is 302 g/mol. The molecular formula is C14H17F3N2O2. The number of hydrogen-bond donors (Lipinski definition) is 2. The Morgan fingerprint density at radius 3 is 2.24 bits per heavy atom. The Balaban J connectivity index is 1.91. The van der Waals surface area contributed by atoms with Gasteiger partial charge in [-0.05, 0) is 49.9 Å². The zero-order valence-electron chi connectivity index (χ0n) is 11.3. The number of benzene rings is 1. The third-order valence-electron chi connectivity index (χ3n) is 3.46. The van der Waals surface area contributed by atoms with Gasteiger partial charge in [0.25, 0.3) is 5.91 Å². The van der Waals surface area contributed by atoms with Crippen LogP contribution in [0.2, 0.25) is 0 Å². The predicted octanol–water partition coefficient (Wildman–Crippen LogP) is 2.58. The lowest BCUT2D eigenvalue weighted by atomic mass is 9.91. The topological polar surface area (TPSA) is 64.3 Å². The van der Waals surface area contributed by atoms with Crippen LogP contribution in [0.25, 0.3) is 0 Å². The van der Waals surface area contributed by atoms with Crippen molar-refractivity contribution in [3.63, 3.8) is 0 Å². The molecule has 2 rings (SSSR count). The predicted molar refractivity (Wildman–Crippen MR) is 70.8 cm³/mol. The highest BCUT2D eigenvalue weighted by atomic mass is 19.4. The minimum Gasteiger partial charge on any atom is -0.406 e. The fourth-order valence-electron chi connectivity index (χ4n) is 2.34. The van der Waals surface area contributed by atoms with E-state index in [1.54, 1.807) is 0 Å². The largest absolute Gasteiger partial charge is 0.573 e. The molecule has 1 aromatic rings. The summed E-state index contributed by atoms with van der Waals surface area (Å²) in [5, 5.41) is 2.87. The maximum atomic E-state index is 12.0. The zero-order valence-corrected chi connectivity index (χ0v) is 11.3. The molecule has 7 heteroatoms. The molecule has 4 nitrogen and oxygen atoms in total. The molecule has 0 unspecified atom stereocenters. The van der Waals surface area contributed by atoms with Crippen LogP contribution in [0.1, 0.15) is 36.0 Å². The van der Waals surface area contributed by atoms with E-state index in [1.807, 2.05) is 0 Å². The number of carbonyl (C=O) groups is 1. The number of carbonyl (C=O) groups excluding carboxylic acids is 1. The molecule has 21 heavy (non-hydrogen) atoms. The summed E-state index contributed by atoms with van der Waals surface area (Å²) in [4.78, 5) is 12.0. The quantitative estimate of drug-likeness (QED) is 0.902. The molecule has 1 aliphatic carbocycles. The van der Waals surface area contributed by atoms with Crippen molar-refractivity contribution in [3.8, 4) is 5.75 Å². The fourth-order valence-corrected chi connectivity index (χ4v) is 2.34. The number of amides is 1. The molecule has 1 amide bonds. The van der Waals surface area contributed by atoms with Crippen LogP contribution in [0.4, 0.5) is 13.2 Å². The molecule has 0 aromatic heterocycles. The second-order valence-corrected chi connectivity index (χ2v) is 5.16. The van der Waals surface area contributed by atoms with E-state index >= 15 is 0 Å². The lowest BCUT2D eigenvalue weighted by Gasteiger charge is -2.26. The van der Waals surface area contributed by atoms with Crippen LogP contribution in [0.5, 0.6) is 5.75 Å². The normalized spacial score (nSPS) is 22.7. The van der Waals surface area contributed by atoms with Crippen LogP contribution in [0.3, 0.4) is 0 Å². The summed E-state index contributed by atoms with van der Waals surface area (Å²) in [5.41, 5.74) is 6.09. The molecule has 3 N–H and O–H groups in total. The second-order valence-electron chi connectivity index (χ2n) is 5.16. The molecule has 1 saturated carbocycles. The van der Waals surface area contributed by atoms with Gasteiger partial charge in [-0.1, -0.05) is 0 Å². The maximum Gasteiger partial charge on any atom is 0.573 e. The molecule has 0 atom stereocenters. The average Bonchev–Trinajstić information content (AvgIpc) is 2.40. The van der Waals surface area contributed by atoms with Crippen LogP contribution in [0.15, 0.2) is 24.3 Å². The van der Waals surface area contributed by atoms with Gasteiger partial charge in [0.05, 0.1) is 0 Å². The lowest BCUT2D eigenvalue weighted by molar-refractivity contribution is -0.274. The van der Waals surface area contributed by atoms with E-state index in [4.69, 9.17) is 5.73 Å². The minimum atomic E-state index is -4.73. The number of hydrogen-bond acceptors (Lipinski definition) is 3. The molecule has 1 aromatic carbocycles. The van der Waals surface area contributed by atoms with Crippen molar-refractivity contribution in [2.45, 2.75) is 44.1 Å². The highest BCUT2D eigenvalue weighted by Gasteiger charge is 2.31. The van der Waals surface area contributed by atoms with Crippen LogP contribution in [-0.2, 0) is 0 Å². The Hall–Kier alpha value is -1.76. The molecule has 0 heterocycles. The summed E-state index contributed by atoms with van der Waals surface area (Å²) >= 11 is 0. The Morgan fingerprint density at radius 2 is 1.71 bits per heavy atom. The van der Waals surface area contributed by atoms with Gasteiger partial charge in [0.2, 0.25) is 0 Å². The summed E-state index contributed by atoms with van der Waals surface area (Å²) in [6, 6.07) is 5.13. The highest BCUT2D eigenvalue weighted by Crippen LogP contribution is 2.23. The molecule has 1 fully saturated rings. The van der Waals surface area contributed by atoms with Crippen molar-refractivity contribution in [2.24, 2.45) is 5.73 Å². The standard InChI is InChI=1S/C14H17F3N2O2/c15-14(16,17)21-12-7-1-9(2-8-12)13(20)19-11-5-3-10(18)4-6-11/h1-2,7-8,10-11H,3-6,18H2,(H,19,20)/t10-,11+. The summed E-state index contributed by atoms with van der Waals surface area (Å²) < 4.78 is 39.8. The van der Waals surface area contributed by atoms with Crippen molar-refractivity contribution >= 4 is 5.91 Å². The smallest absolute Gasteiger partial charge is 0.406 e. The molecule has 0 saturated heterocycles. The first-order valence-electron chi connectivity index (χ1n) is 6.76. The van der Waals surface area contributed by atoms with Gasteiger partial charge in [-0.25, -0.2) is 0 Å². The Morgan fingerprint density at radius 1 is 1.14 bits per heavy atom. The summed E-state index contributed by atoms with van der Waals surface area (Å²) in [6.07, 6.45) is -1.36. The van der Waals surface area contributed by atoms with E-state index < -0.39 is 6.36 Å². The van der Waals surface area contributed by atoms with Gasteiger partial charge in [0.15, 0.2) is 0 Å². The molecule has 116 valence electrons. The maximum absolute atomic E-state index is 12.0. The van der Waals surface area contributed by atoms with Crippen molar-refractivity contribution in [1.29, 1.82) is 0 Å². The first-order chi connectivity index (χ1) is 9.83. The first kappa shape index (κ1) is 15.6. The van der Waals surface area contributed by atoms with Gasteiger partial charge < -0.3 is 15.8 Å². The lowest BCUT2D eigenvalue weighted by Crippen LogP contribution is -2.40. The van der Waals surface area contributed by atoms with Gasteiger partial charge in [0.1, 0.15) is 5.75 Å². The van der Waals surface area contributed by atoms with E-state index in [-0.39, 0.29) is 23.7 Å². The van der Waals surface area contributed by atoms with Crippen molar-refractivity contribution in [1.82, 2.24) is 5.32 Å². The first-order valence-corrected chi connectivity index (χ1v) is 6.76. The average molecular weight is 302 g/mol. The van der Waals surface area contributed by atoms with Gasteiger partial charge in [-0.2, -0.15) is 0 Å². The zero-order chi connectivity index (χ0) is 15.5. The summed E-state index contributed by atoms with van der Waals surface area (Å²) in [5.74, 6) is -0.642. The van der Waals surface area contributed by atoms with Crippen molar-refractivity contribution in [2.75, 3.05) is 0 Å². The molecule has 0 spiro atoms. The SMILES string of the molecule is N[C@H]1CC[C@@H](NC(=O)c2ccc(OC(F)(F)F)cc2)CC1. The third-order valence-corrected chi connectivity index (χ3v) is 3.46. The van der Waals surface area contributed by atoms with E-state index in [1.165, 1.54) is 12.1 Å². The van der Waals surface area contributed by atoms with Gasteiger partial charge in [-0.15, -0.1) is 13.2 Å². The summed E-state index contributed by atoms with van der Waals surface area (Å²) in [6.45, 7) is 0. The van der Waals surface area contributed by atoms with E-state index in [0.717, 1.165) is 37.8 Å². The summed E-state index contributed by atoms with van der Waals surface area (Å²) in [7, 11) is 0. The number of rotatable bonds is 3. The van der Waals surface area contributed by atoms with Gasteiger partial charge in [-0.3, -0.25) is 4.79 Å². The van der Waals surface area contributed by atoms with E-state index in [9.17, 15) is 18.0 Å². The van der Waals surface area contributed by atoms with Crippen LogP contribution in [-0.4, -0.2) is 24.4 Å². The molecular weight excluding hydrogens is 285 g/mol. The van der Waals surface area contributed by atoms with Crippen LogP contribution >= 0.6 is 0 Å². The van der Waals surface area contributed by atoms with Crippen LogP contribution in [0, 0.1) is 0 Å². The molecule has 1 aliphatic rings. The Labute approximate surface area is 120 Å².